The number of hydrogen-bond donors (Lipinski definition) is 0. The molecule has 3 aromatic carbocycles. The molecule has 0 saturated heterocycles. The van der Waals surface area contributed by atoms with E-state index >= 15 is 0 Å². The molecule has 1 atom stereocenters. The number of amides is 1. The first-order chi connectivity index (χ1) is 16.1. The smallest absolute Gasteiger partial charge is 0.249 e. The molecule has 0 saturated carbocycles. The van der Waals surface area contributed by atoms with E-state index in [4.69, 9.17) is 18.9 Å². The number of nitrogens with zero attached hydrogens (tertiary/aromatic N) is 1. The third-order valence-corrected chi connectivity index (χ3v) is 5.96. The molecule has 172 valence electrons. The Morgan fingerprint density at radius 1 is 0.909 bits per heavy atom. The van der Waals surface area contributed by atoms with Crippen molar-refractivity contribution in [3.63, 3.8) is 0 Å². The third-order valence-electron chi connectivity index (χ3n) is 5.96. The molecule has 0 bridgehead atoms. The van der Waals surface area contributed by atoms with E-state index in [0.29, 0.717) is 24.7 Å². The van der Waals surface area contributed by atoms with Crippen LogP contribution in [0.1, 0.15) is 28.3 Å². The van der Waals surface area contributed by atoms with Gasteiger partial charge in [0.25, 0.3) is 0 Å². The Morgan fingerprint density at radius 2 is 1.61 bits per heavy atom. The maximum Gasteiger partial charge on any atom is 0.249 e. The monoisotopic (exact) mass is 447 g/mol. The Balaban J connectivity index is 1.63. The number of carbonyl (C=O) groups excluding carboxylic acids is 1. The summed E-state index contributed by atoms with van der Waals surface area (Å²) in [4.78, 5) is 15.2. The lowest BCUT2D eigenvalue weighted by Crippen LogP contribution is -2.42. The zero-order chi connectivity index (χ0) is 23.2. The molecule has 6 heteroatoms. The van der Waals surface area contributed by atoms with Crippen molar-refractivity contribution in [1.29, 1.82) is 0 Å². The molecule has 33 heavy (non-hydrogen) atoms. The fourth-order valence-electron chi connectivity index (χ4n) is 4.27. The first kappa shape index (κ1) is 22.7. The van der Waals surface area contributed by atoms with E-state index in [9.17, 15) is 4.79 Å². The van der Waals surface area contributed by atoms with Crippen molar-refractivity contribution in [2.45, 2.75) is 19.1 Å². The molecule has 0 aliphatic carbocycles. The van der Waals surface area contributed by atoms with E-state index in [2.05, 4.69) is 0 Å². The Bertz CT molecular complexity index is 1080. The standard InChI is InChI=1S/C27H29NO5/c1-30-22-11-9-20(10-12-22)27-23-16-25(32-3)24(31-2)15-21(23)13-14-28(27)26(29)18-33-17-19-7-5-4-6-8-19/h4-12,15-16,27H,13-14,17-18H2,1-3H3/t27-/m0/s1. The van der Waals surface area contributed by atoms with Gasteiger partial charge in [0, 0.05) is 6.54 Å². The number of ether oxygens (including phenoxy) is 4. The van der Waals surface area contributed by atoms with Crippen molar-refractivity contribution in [2.75, 3.05) is 34.5 Å². The molecule has 0 N–H and O–H groups in total. The van der Waals surface area contributed by atoms with Crippen LogP contribution in [0.3, 0.4) is 0 Å². The van der Waals surface area contributed by atoms with Gasteiger partial charge in [0.1, 0.15) is 12.4 Å². The molecule has 0 unspecified atom stereocenters. The largest absolute Gasteiger partial charge is 0.497 e. The molecule has 0 radical (unpaired) electrons. The molecule has 1 heterocycles. The normalized spacial score (nSPS) is 15.0. The Kier molecular flexibility index (Phi) is 7.15. The lowest BCUT2D eigenvalue weighted by Gasteiger charge is -2.38. The summed E-state index contributed by atoms with van der Waals surface area (Å²) < 4.78 is 22.2. The van der Waals surface area contributed by atoms with Crippen LogP contribution >= 0.6 is 0 Å². The zero-order valence-electron chi connectivity index (χ0n) is 19.2. The molecule has 0 spiro atoms. The highest BCUT2D eigenvalue weighted by Gasteiger charge is 2.33. The summed E-state index contributed by atoms with van der Waals surface area (Å²) in [6.07, 6.45) is 0.729. The highest BCUT2D eigenvalue weighted by Crippen LogP contribution is 2.41. The van der Waals surface area contributed by atoms with Crippen LogP contribution in [-0.4, -0.2) is 45.3 Å². The van der Waals surface area contributed by atoms with E-state index in [1.54, 1.807) is 21.3 Å². The molecular weight excluding hydrogens is 418 g/mol. The summed E-state index contributed by atoms with van der Waals surface area (Å²) in [6.45, 7) is 1.01. The summed E-state index contributed by atoms with van der Waals surface area (Å²) in [6, 6.07) is 21.4. The topological polar surface area (TPSA) is 57.2 Å². The van der Waals surface area contributed by atoms with Crippen molar-refractivity contribution in [1.82, 2.24) is 4.90 Å². The fourth-order valence-corrected chi connectivity index (χ4v) is 4.27. The Morgan fingerprint density at radius 3 is 2.27 bits per heavy atom. The summed E-state index contributed by atoms with van der Waals surface area (Å²) in [5.41, 5.74) is 4.21. The maximum atomic E-state index is 13.3. The van der Waals surface area contributed by atoms with Gasteiger partial charge >= 0.3 is 0 Å². The first-order valence-electron chi connectivity index (χ1n) is 10.9. The van der Waals surface area contributed by atoms with Crippen molar-refractivity contribution in [3.8, 4) is 17.2 Å². The summed E-state index contributed by atoms with van der Waals surface area (Å²) in [5, 5.41) is 0. The van der Waals surface area contributed by atoms with Crippen molar-refractivity contribution in [3.05, 3.63) is 89.0 Å². The highest BCUT2D eigenvalue weighted by molar-refractivity contribution is 5.79. The molecule has 0 aromatic heterocycles. The zero-order valence-corrected chi connectivity index (χ0v) is 19.2. The molecule has 0 fully saturated rings. The van der Waals surface area contributed by atoms with Gasteiger partial charge in [-0.05, 0) is 52.9 Å². The minimum atomic E-state index is -0.257. The second-order valence-electron chi connectivity index (χ2n) is 7.90. The van der Waals surface area contributed by atoms with E-state index < -0.39 is 0 Å². The van der Waals surface area contributed by atoms with Gasteiger partial charge in [-0.3, -0.25) is 4.79 Å². The summed E-state index contributed by atoms with van der Waals surface area (Å²) >= 11 is 0. The van der Waals surface area contributed by atoms with Crippen LogP contribution in [-0.2, 0) is 22.6 Å². The van der Waals surface area contributed by atoms with Crippen LogP contribution in [0.25, 0.3) is 0 Å². The number of rotatable bonds is 8. The molecule has 1 aliphatic heterocycles. The molecule has 4 rings (SSSR count). The minimum absolute atomic E-state index is 0.0180. The molecular formula is C27H29NO5. The van der Waals surface area contributed by atoms with Gasteiger partial charge < -0.3 is 23.8 Å². The molecule has 1 aliphatic rings. The van der Waals surface area contributed by atoms with Crippen LogP contribution < -0.4 is 14.2 Å². The summed E-state index contributed by atoms with van der Waals surface area (Å²) in [7, 11) is 4.89. The van der Waals surface area contributed by atoms with Gasteiger partial charge in [0.05, 0.1) is 34.0 Å². The number of methoxy groups -OCH3 is 3. The second kappa shape index (κ2) is 10.4. The predicted molar refractivity (Wildman–Crippen MR) is 126 cm³/mol. The highest BCUT2D eigenvalue weighted by atomic mass is 16.5. The van der Waals surface area contributed by atoms with Crippen LogP contribution in [0.5, 0.6) is 17.2 Å². The first-order valence-corrected chi connectivity index (χ1v) is 10.9. The third kappa shape index (κ3) is 4.96. The van der Waals surface area contributed by atoms with Gasteiger partial charge in [-0.25, -0.2) is 0 Å². The van der Waals surface area contributed by atoms with Crippen LogP contribution in [0.15, 0.2) is 66.7 Å². The number of carbonyl (C=O) groups is 1. The van der Waals surface area contributed by atoms with Gasteiger partial charge in [-0.2, -0.15) is 0 Å². The van der Waals surface area contributed by atoms with Crippen LogP contribution in [0.2, 0.25) is 0 Å². The lowest BCUT2D eigenvalue weighted by atomic mass is 9.87. The van der Waals surface area contributed by atoms with Crippen LogP contribution in [0, 0.1) is 0 Å². The van der Waals surface area contributed by atoms with Crippen molar-refractivity contribution in [2.24, 2.45) is 0 Å². The molecule has 3 aromatic rings. The van der Waals surface area contributed by atoms with E-state index in [1.807, 2.05) is 71.6 Å². The molecule has 1 amide bonds. The van der Waals surface area contributed by atoms with Crippen molar-refractivity contribution >= 4 is 5.91 Å². The number of benzene rings is 3. The quantitative estimate of drug-likeness (QED) is 0.512. The van der Waals surface area contributed by atoms with E-state index in [1.165, 1.54) is 0 Å². The second-order valence-corrected chi connectivity index (χ2v) is 7.90. The molecule has 6 nitrogen and oxygen atoms in total. The average Bonchev–Trinajstić information content (AvgIpc) is 2.87. The fraction of sp³-hybridized carbons (Fsp3) is 0.296. The SMILES string of the molecule is COc1ccc([C@H]2c3cc(OC)c(OC)cc3CCN2C(=O)COCc2ccccc2)cc1. The number of fused-ring (bicyclic) bond motifs is 1. The maximum absolute atomic E-state index is 13.3. The van der Waals surface area contributed by atoms with Gasteiger partial charge in [0.15, 0.2) is 11.5 Å². The summed E-state index contributed by atoms with van der Waals surface area (Å²) in [5.74, 6) is 2.05. The van der Waals surface area contributed by atoms with Gasteiger partial charge in [0.2, 0.25) is 5.91 Å². The Hall–Kier alpha value is -3.51. The number of hydrogen-bond acceptors (Lipinski definition) is 5. The Labute approximate surface area is 194 Å². The minimum Gasteiger partial charge on any atom is -0.497 e. The van der Waals surface area contributed by atoms with E-state index in [0.717, 1.165) is 34.4 Å². The predicted octanol–water partition coefficient (Wildman–Crippen LogP) is 4.40. The van der Waals surface area contributed by atoms with Gasteiger partial charge in [-0.15, -0.1) is 0 Å². The van der Waals surface area contributed by atoms with Crippen molar-refractivity contribution < 1.29 is 23.7 Å². The van der Waals surface area contributed by atoms with Gasteiger partial charge in [-0.1, -0.05) is 42.5 Å². The average molecular weight is 448 g/mol. The van der Waals surface area contributed by atoms with E-state index in [-0.39, 0.29) is 18.6 Å². The lowest BCUT2D eigenvalue weighted by molar-refractivity contribution is -0.138. The van der Waals surface area contributed by atoms with Crippen LogP contribution in [0.4, 0.5) is 0 Å².